The van der Waals surface area contributed by atoms with Crippen LogP contribution in [0.5, 0.6) is 5.75 Å². The van der Waals surface area contributed by atoms with Gasteiger partial charge in [-0.1, -0.05) is 18.2 Å². The first-order chi connectivity index (χ1) is 12.3. The Balaban J connectivity index is 1.39. The Labute approximate surface area is 148 Å². The fourth-order valence-electron chi connectivity index (χ4n) is 3.66. The van der Waals surface area contributed by atoms with Crippen LogP contribution in [0.4, 0.5) is 0 Å². The van der Waals surface area contributed by atoms with E-state index in [1.165, 1.54) is 12.8 Å². The maximum Gasteiger partial charge on any atom is 0.145 e. The molecule has 3 aromatic rings. The molecule has 1 aliphatic rings. The summed E-state index contributed by atoms with van der Waals surface area (Å²) in [4.78, 5) is 11.5. The van der Waals surface area contributed by atoms with Crippen LogP contribution in [-0.2, 0) is 13.1 Å². The molecule has 1 aromatic carbocycles. The third-order valence-corrected chi connectivity index (χ3v) is 5.08. The van der Waals surface area contributed by atoms with Crippen molar-refractivity contribution in [3.05, 3.63) is 54.7 Å². The Morgan fingerprint density at radius 2 is 2.04 bits per heavy atom. The minimum atomic E-state index is 0.745. The molecule has 0 N–H and O–H groups in total. The number of fused-ring (bicyclic) bond motifs is 1. The number of imidazole rings is 1. The fourth-order valence-corrected chi connectivity index (χ4v) is 3.66. The predicted octanol–water partition coefficient (Wildman–Crippen LogP) is 3.35. The highest BCUT2D eigenvalue weighted by molar-refractivity contribution is 5.84. The van der Waals surface area contributed by atoms with Gasteiger partial charge in [0, 0.05) is 30.9 Å². The van der Waals surface area contributed by atoms with Gasteiger partial charge in [-0.2, -0.15) is 0 Å². The molecule has 0 atom stereocenters. The third kappa shape index (κ3) is 3.66. The van der Waals surface area contributed by atoms with Gasteiger partial charge < -0.3 is 9.30 Å². The molecule has 0 amide bonds. The van der Waals surface area contributed by atoms with Gasteiger partial charge in [-0.15, -0.1) is 0 Å². The molecule has 0 radical (unpaired) electrons. The van der Waals surface area contributed by atoms with E-state index >= 15 is 0 Å². The number of aromatic nitrogens is 3. The number of para-hydroxylation sites is 1. The Bertz CT molecular complexity index is 823. The van der Waals surface area contributed by atoms with Crippen molar-refractivity contribution in [3.8, 4) is 5.75 Å². The maximum atomic E-state index is 5.45. The van der Waals surface area contributed by atoms with Gasteiger partial charge in [0.15, 0.2) is 0 Å². The number of pyridine rings is 1. The lowest BCUT2D eigenvalue weighted by atomic mass is 9.96. The highest BCUT2D eigenvalue weighted by atomic mass is 16.5. The van der Waals surface area contributed by atoms with Gasteiger partial charge in [0.2, 0.25) is 0 Å². The average molecular weight is 336 g/mol. The van der Waals surface area contributed by atoms with E-state index in [9.17, 15) is 0 Å². The topological polar surface area (TPSA) is 43.2 Å². The summed E-state index contributed by atoms with van der Waals surface area (Å²) in [6.07, 6.45) is 8.29. The molecule has 130 valence electrons. The Hall–Kier alpha value is -2.40. The molecule has 1 aliphatic heterocycles. The molecule has 1 fully saturated rings. The minimum absolute atomic E-state index is 0.745. The lowest BCUT2D eigenvalue weighted by Gasteiger charge is -2.31. The van der Waals surface area contributed by atoms with Crippen LogP contribution in [0.2, 0.25) is 0 Å². The molecule has 0 spiro atoms. The van der Waals surface area contributed by atoms with Crippen LogP contribution < -0.4 is 4.74 Å². The number of benzene rings is 1. The molecular formula is C20H24N4O. The van der Waals surface area contributed by atoms with Crippen LogP contribution in [0.25, 0.3) is 10.9 Å². The molecule has 2 aromatic heterocycles. The predicted molar refractivity (Wildman–Crippen MR) is 98.5 cm³/mol. The van der Waals surface area contributed by atoms with E-state index in [1.807, 2.05) is 24.7 Å². The monoisotopic (exact) mass is 336 g/mol. The van der Waals surface area contributed by atoms with Gasteiger partial charge in [0.1, 0.15) is 11.3 Å². The van der Waals surface area contributed by atoms with Crippen molar-refractivity contribution in [1.29, 1.82) is 0 Å². The molecular weight excluding hydrogens is 312 g/mol. The first-order valence-corrected chi connectivity index (χ1v) is 8.92. The van der Waals surface area contributed by atoms with E-state index in [0.717, 1.165) is 54.4 Å². The summed E-state index contributed by atoms with van der Waals surface area (Å²) in [7, 11) is 1.70. The Kier molecular flexibility index (Phi) is 4.65. The summed E-state index contributed by atoms with van der Waals surface area (Å²) in [6, 6.07) is 10.3. The zero-order chi connectivity index (χ0) is 17.1. The van der Waals surface area contributed by atoms with Crippen molar-refractivity contribution in [3.63, 3.8) is 0 Å². The number of nitrogens with zero attached hydrogens (tertiary/aromatic N) is 4. The summed E-state index contributed by atoms with van der Waals surface area (Å²) in [5, 5.41) is 1.13. The van der Waals surface area contributed by atoms with E-state index in [2.05, 4.69) is 38.8 Å². The van der Waals surface area contributed by atoms with Crippen molar-refractivity contribution in [2.75, 3.05) is 20.2 Å². The lowest BCUT2D eigenvalue weighted by Crippen LogP contribution is -2.34. The molecule has 1 saturated heterocycles. The summed E-state index contributed by atoms with van der Waals surface area (Å²) in [6.45, 7) is 4.25. The number of methoxy groups -OCH3 is 1. The first kappa shape index (κ1) is 16.1. The largest absolute Gasteiger partial charge is 0.494 e. The molecule has 5 nitrogen and oxygen atoms in total. The minimum Gasteiger partial charge on any atom is -0.494 e. The lowest BCUT2D eigenvalue weighted by molar-refractivity contribution is 0.165. The smallest absolute Gasteiger partial charge is 0.145 e. The van der Waals surface area contributed by atoms with E-state index in [4.69, 9.17) is 9.72 Å². The standard InChI is InChI=1S/C20H24N4O/c1-25-19-4-2-3-17-5-6-18(22-20(17)19)14-23-10-7-16(8-11-23)13-24-12-9-21-15-24/h2-6,9,12,15-16H,7-8,10-11,13-14H2,1H3. The molecule has 0 saturated carbocycles. The van der Waals surface area contributed by atoms with Crippen molar-refractivity contribution in [2.45, 2.75) is 25.9 Å². The van der Waals surface area contributed by atoms with Crippen LogP contribution >= 0.6 is 0 Å². The SMILES string of the molecule is COc1cccc2ccc(CN3CCC(Cn4ccnc4)CC3)nc12. The van der Waals surface area contributed by atoms with Crippen molar-refractivity contribution in [1.82, 2.24) is 19.4 Å². The van der Waals surface area contributed by atoms with Gasteiger partial charge in [0.25, 0.3) is 0 Å². The first-order valence-electron chi connectivity index (χ1n) is 8.92. The van der Waals surface area contributed by atoms with Crippen molar-refractivity contribution in [2.24, 2.45) is 5.92 Å². The molecule has 0 bridgehead atoms. The van der Waals surface area contributed by atoms with Crippen LogP contribution in [0, 0.1) is 5.92 Å². The van der Waals surface area contributed by atoms with Gasteiger partial charge in [0.05, 0.1) is 19.1 Å². The molecule has 5 heteroatoms. The summed E-state index contributed by atoms with van der Waals surface area (Å²) >= 11 is 0. The molecule has 0 unspecified atom stereocenters. The Morgan fingerprint density at radius 3 is 2.80 bits per heavy atom. The average Bonchev–Trinajstić information content (AvgIpc) is 3.16. The highest BCUT2D eigenvalue weighted by Gasteiger charge is 2.20. The summed E-state index contributed by atoms with van der Waals surface area (Å²) < 4.78 is 7.64. The number of hydrogen-bond donors (Lipinski definition) is 0. The maximum absolute atomic E-state index is 5.45. The highest BCUT2D eigenvalue weighted by Crippen LogP contribution is 2.25. The molecule has 0 aliphatic carbocycles. The molecule has 25 heavy (non-hydrogen) atoms. The number of rotatable bonds is 5. The van der Waals surface area contributed by atoms with Crippen molar-refractivity contribution >= 4 is 10.9 Å². The Morgan fingerprint density at radius 1 is 1.16 bits per heavy atom. The second-order valence-corrected chi connectivity index (χ2v) is 6.81. The molecule has 4 rings (SSSR count). The van der Waals surface area contributed by atoms with Crippen molar-refractivity contribution < 1.29 is 4.74 Å². The van der Waals surface area contributed by atoms with Crippen LogP contribution in [0.1, 0.15) is 18.5 Å². The van der Waals surface area contributed by atoms with Gasteiger partial charge in [-0.25, -0.2) is 9.97 Å². The second kappa shape index (κ2) is 7.23. The number of piperidine rings is 1. The van der Waals surface area contributed by atoms with Gasteiger partial charge >= 0.3 is 0 Å². The van der Waals surface area contributed by atoms with E-state index in [1.54, 1.807) is 7.11 Å². The number of ether oxygens (including phenoxy) is 1. The number of likely N-dealkylation sites (tertiary alicyclic amines) is 1. The second-order valence-electron chi connectivity index (χ2n) is 6.81. The zero-order valence-electron chi connectivity index (χ0n) is 14.6. The number of hydrogen-bond acceptors (Lipinski definition) is 4. The van der Waals surface area contributed by atoms with Crippen LogP contribution in [0.3, 0.4) is 0 Å². The normalized spacial score (nSPS) is 16.4. The van der Waals surface area contributed by atoms with Gasteiger partial charge in [-0.05, 0) is 44.0 Å². The summed E-state index contributed by atoms with van der Waals surface area (Å²) in [5.41, 5.74) is 2.07. The zero-order valence-corrected chi connectivity index (χ0v) is 14.6. The van der Waals surface area contributed by atoms with E-state index < -0.39 is 0 Å². The van der Waals surface area contributed by atoms with E-state index in [-0.39, 0.29) is 0 Å². The summed E-state index contributed by atoms with van der Waals surface area (Å²) in [5.74, 6) is 1.59. The third-order valence-electron chi connectivity index (χ3n) is 5.08. The fraction of sp³-hybridized carbons (Fsp3) is 0.400. The van der Waals surface area contributed by atoms with E-state index in [0.29, 0.717) is 0 Å². The van der Waals surface area contributed by atoms with Crippen LogP contribution in [-0.4, -0.2) is 39.6 Å². The quantitative estimate of drug-likeness (QED) is 0.717. The molecule has 3 heterocycles. The van der Waals surface area contributed by atoms with Crippen LogP contribution in [0.15, 0.2) is 49.1 Å². The van der Waals surface area contributed by atoms with Gasteiger partial charge in [-0.3, -0.25) is 4.90 Å².